The highest BCUT2D eigenvalue weighted by molar-refractivity contribution is 8.26. The van der Waals surface area contributed by atoms with Crippen molar-refractivity contribution in [2.45, 2.75) is 91.9 Å². The van der Waals surface area contributed by atoms with E-state index in [2.05, 4.69) is 33.8 Å². The van der Waals surface area contributed by atoms with Crippen molar-refractivity contribution < 1.29 is 9.53 Å². The summed E-state index contributed by atoms with van der Waals surface area (Å²) in [7, 11) is 0. The molecule has 0 atom stereocenters. The number of unbranched alkanes of at least 4 members (excludes halogenated alkanes) is 9. The zero-order valence-electron chi connectivity index (χ0n) is 26.3. The molecule has 1 aliphatic rings. The average molecular weight is 618 g/mol. The molecule has 0 saturated carbocycles. The summed E-state index contributed by atoms with van der Waals surface area (Å²) >= 11 is 7.05. The molecule has 4 rings (SSSR count). The maximum atomic E-state index is 13.5. The fraction of sp³-hybridized carbons (Fsp3) is 0.472. The number of nitrogens with zero attached hydrogens (tertiary/aromatic N) is 3. The predicted octanol–water partition coefficient (Wildman–Crippen LogP) is 10.0. The first-order chi connectivity index (χ1) is 20.9. The zero-order chi connectivity index (χ0) is 30.6. The molecule has 1 amide bonds. The highest BCUT2D eigenvalue weighted by atomic mass is 32.2. The van der Waals surface area contributed by atoms with Gasteiger partial charge in [-0.1, -0.05) is 121 Å². The van der Waals surface area contributed by atoms with Crippen LogP contribution in [0.15, 0.2) is 59.6 Å². The van der Waals surface area contributed by atoms with Gasteiger partial charge in [-0.25, -0.2) is 4.68 Å². The number of hydrogen-bond acceptors (Lipinski definition) is 5. The third-order valence-electron chi connectivity index (χ3n) is 7.68. The second-order valence-corrected chi connectivity index (χ2v) is 13.6. The van der Waals surface area contributed by atoms with Crippen LogP contribution in [-0.4, -0.2) is 38.1 Å². The van der Waals surface area contributed by atoms with Crippen LogP contribution in [0.4, 0.5) is 0 Å². The lowest BCUT2D eigenvalue weighted by Gasteiger charge is -2.14. The van der Waals surface area contributed by atoms with E-state index in [0.29, 0.717) is 28.3 Å². The van der Waals surface area contributed by atoms with E-state index in [0.717, 1.165) is 46.7 Å². The predicted molar refractivity (Wildman–Crippen MR) is 186 cm³/mol. The Hall–Kier alpha value is -2.90. The van der Waals surface area contributed by atoms with Gasteiger partial charge < -0.3 is 4.74 Å². The van der Waals surface area contributed by atoms with E-state index in [4.69, 9.17) is 22.1 Å². The van der Waals surface area contributed by atoms with Gasteiger partial charge in [-0.05, 0) is 61.2 Å². The number of thiocarbonyl (C=S) groups is 1. The highest BCUT2D eigenvalue weighted by Gasteiger charge is 2.32. The van der Waals surface area contributed by atoms with E-state index in [1.807, 2.05) is 59.4 Å². The monoisotopic (exact) mass is 617 g/mol. The normalized spacial score (nSPS) is 14.4. The molecule has 1 saturated heterocycles. The Balaban J connectivity index is 1.45. The van der Waals surface area contributed by atoms with Crippen molar-refractivity contribution in [1.29, 1.82) is 0 Å². The minimum absolute atomic E-state index is 0.00190. The maximum absolute atomic E-state index is 13.5. The second kappa shape index (κ2) is 16.8. The van der Waals surface area contributed by atoms with E-state index < -0.39 is 0 Å². The number of hydrogen-bond donors (Lipinski definition) is 0. The van der Waals surface area contributed by atoms with Gasteiger partial charge in [0.05, 0.1) is 17.2 Å². The van der Waals surface area contributed by atoms with Crippen LogP contribution in [0, 0.1) is 12.8 Å². The van der Waals surface area contributed by atoms with Crippen molar-refractivity contribution >= 4 is 40.3 Å². The summed E-state index contributed by atoms with van der Waals surface area (Å²) in [5.74, 6) is 1.34. The topological polar surface area (TPSA) is 47.4 Å². The van der Waals surface area contributed by atoms with Crippen molar-refractivity contribution in [2.24, 2.45) is 5.92 Å². The summed E-state index contributed by atoms with van der Waals surface area (Å²) in [6.45, 7) is 9.97. The van der Waals surface area contributed by atoms with Gasteiger partial charge >= 0.3 is 0 Å². The van der Waals surface area contributed by atoms with Crippen LogP contribution < -0.4 is 4.74 Å². The van der Waals surface area contributed by atoms with Crippen LogP contribution in [-0.2, 0) is 4.79 Å². The smallest absolute Gasteiger partial charge is 0.266 e. The number of benzene rings is 2. The van der Waals surface area contributed by atoms with Crippen LogP contribution in [0.1, 0.15) is 96.1 Å². The van der Waals surface area contributed by atoms with Crippen LogP contribution in [0.5, 0.6) is 5.75 Å². The van der Waals surface area contributed by atoms with Gasteiger partial charge in [0.1, 0.15) is 15.8 Å². The number of ether oxygens (including phenoxy) is 1. The van der Waals surface area contributed by atoms with Gasteiger partial charge in [0.2, 0.25) is 0 Å². The van der Waals surface area contributed by atoms with E-state index in [1.54, 1.807) is 4.90 Å². The minimum atomic E-state index is -0.00190. The molecule has 0 spiro atoms. The number of amides is 1. The lowest BCUT2D eigenvalue weighted by Crippen LogP contribution is -2.29. The zero-order valence-corrected chi connectivity index (χ0v) is 27.9. The third-order valence-corrected chi connectivity index (χ3v) is 9.06. The minimum Gasteiger partial charge on any atom is -0.493 e. The van der Waals surface area contributed by atoms with Gasteiger partial charge in [-0.3, -0.25) is 9.69 Å². The summed E-state index contributed by atoms with van der Waals surface area (Å²) in [5, 5.41) is 4.97. The molecule has 1 fully saturated rings. The van der Waals surface area contributed by atoms with E-state index >= 15 is 0 Å². The molecular formula is C36H47N3O2S2. The Bertz CT molecular complexity index is 1380. The summed E-state index contributed by atoms with van der Waals surface area (Å²) in [6.07, 6.45) is 16.6. The van der Waals surface area contributed by atoms with Gasteiger partial charge in [0.25, 0.3) is 5.91 Å². The third kappa shape index (κ3) is 9.54. The van der Waals surface area contributed by atoms with Crippen molar-refractivity contribution in [3.63, 3.8) is 0 Å². The molecule has 3 aromatic rings. The first kappa shape index (κ1) is 33.0. The second-order valence-electron chi connectivity index (χ2n) is 11.9. The Morgan fingerprint density at radius 1 is 0.953 bits per heavy atom. The molecule has 7 heteroatoms. The van der Waals surface area contributed by atoms with E-state index in [9.17, 15) is 4.79 Å². The number of thioether (sulfide) groups is 1. The Labute approximate surface area is 268 Å². The SMILES string of the molecule is CCCCCCCCCCCCN1C(=O)C(=Cc2cn(-c3ccccc3)nc2-c2ccc(OCC(C)C)c(C)c2)SC1=S. The molecule has 1 aliphatic heterocycles. The molecule has 0 radical (unpaired) electrons. The standard InChI is InChI=1S/C36H47N3O2S2/c1-5-6-7-8-9-10-11-12-13-17-22-38-35(40)33(43-36(38)42)24-30-25-39(31-18-15-14-16-19-31)37-34(30)29-20-21-32(28(4)23-29)41-26-27(2)3/h14-16,18-21,23-25,27H,5-13,17,22,26H2,1-4H3. The first-order valence-electron chi connectivity index (χ1n) is 16.0. The maximum Gasteiger partial charge on any atom is 0.266 e. The summed E-state index contributed by atoms with van der Waals surface area (Å²) < 4.78 is 8.54. The molecule has 0 unspecified atom stereocenters. The quantitative estimate of drug-likeness (QED) is 0.0857. The van der Waals surface area contributed by atoms with Gasteiger partial charge in [0.15, 0.2) is 0 Å². The number of para-hydroxylation sites is 1. The van der Waals surface area contributed by atoms with Crippen LogP contribution in [0.25, 0.3) is 23.0 Å². The van der Waals surface area contributed by atoms with Crippen LogP contribution in [0.2, 0.25) is 0 Å². The number of rotatable bonds is 17. The van der Waals surface area contributed by atoms with Crippen molar-refractivity contribution in [1.82, 2.24) is 14.7 Å². The Morgan fingerprint density at radius 3 is 2.28 bits per heavy atom. The molecule has 0 aliphatic carbocycles. The van der Waals surface area contributed by atoms with Crippen molar-refractivity contribution in [3.8, 4) is 22.7 Å². The molecule has 1 aromatic heterocycles. The Kier molecular flexibility index (Phi) is 12.9. The van der Waals surface area contributed by atoms with E-state index in [1.165, 1.54) is 63.1 Å². The van der Waals surface area contributed by atoms with Gasteiger partial charge in [0, 0.05) is 23.9 Å². The molecule has 230 valence electrons. The number of carbonyl (C=O) groups is 1. The number of aromatic nitrogens is 2. The largest absolute Gasteiger partial charge is 0.493 e. The number of aryl methyl sites for hydroxylation is 1. The highest BCUT2D eigenvalue weighted by Crippen LogP contribution is 2.36. The number of carbonyl (C=O) groups excluding carboxylic acids is 1. The average Bonchev–Trinajstić information content (AvgIpc) is 3.54. The molecular weight excluding hydrogens is 571 g/mol. The van der Waals surface area contributed by atoms with Crippen molar-refractivity contribution in [3.05, 3.63) is 70.8 Å². The Morgan fingerprint density at radius 2 is 1.63 bits per heavy atom. The lowest BCUT2D eigenvalue weighted by molar-refractivity contribution is -0.122. The molecule has 0 bridgehead atoms. The molecule has 5 nitrogen and oxygen atoms in total. The lowest BCUT2D eigenvalue weighted by atomic mass is 10.0. The van der Waals surface area contributed by atoms with Gasteiger partial charge in [-0.2, -0.15) is 5.10 Å². The fourth-order valence-electron chi connectivity index (χ4n) is 5.24. The van der Waals surface area contributed by atoms with Crippen LogP contribution in [0.3, 0.4) is 0 Å². The molecule has 2 aromatic carbocycles. The van der Waals surface area contributed by atoms with Crippen LogP contribution >= 0.6 is 24.0 Å². The van der Waals surface area contributed by atoms with E-state index in [-0.39, 0.29) is 5.91 Å². The molecule has 0 N–H and O–H groups in total. The fourth-order valence-corrected chi connectivity index (χ4v) is 6.54. The molecule has 43 heavy (non-hydrogen) atoms. The summed E-state index contributed by atoms with van der Waals surface area (Å²) in [4.78, 5) is 15.9. The first-order valence-corrected chi connectivity index (χ1v) is 17.2. The van der Waals surface area contributed by atoms with Crippen molar-refractivity contribution in [2.75, 3.05) is 13.2 Å². The summed E-state index contributed by atoms with van der Waals surface area (Å²) in [5.41, 5.74) is 4.71. The van der Waals surface area contributed by atoms with Gasteiger partial charge in [-0.15, -0.1) is 0 Å². The summed E-state index contributed by atoms with van der Waals surface area (Å²) in [6, 6.07) is 16.2. The molecule has 2 heterocycles.